The summed E-state index contributed by atoms with van der Waals surface area (Å²) >= 11 is 0. The summed E-state index contributed by atoms with van der Waals surface area (Å²) in [5.41, 5.74) is 0.124. The lowest BCUT2D eigenvalue weighted by atomic mass is 9.98. The fourth-order valence-electron chi connectivity index (χ4n) is 4.46. The van der Waals surface area contributed by atoms with Crippen molar-refractivity contribution in [3.8, 4) is 0 Å². The van der Waals surface area contributed by atoms with Gasteiger partial charge >= 0.3 is 29.8 Å². The average Bonchev–Trinajstić information content (AvgIpc) is 3.22. The molecule has 2 saturated heterocycles. The number of allylic oxidation sites excluding steroid dienone is 1. The summed E-state index contributed by atoms with van der Waals surface area (Å²) in [4.78, 5) is 61.1. The third kappa shape index (κ3) is 10.4. The van der Waals surface area contributed by atoms with E-state index >= 15 is 0 Å². The molecule has 0 aromatic rings. The summed E-state index contributed by atoms with van der Waals surface area (Å²) in [6, 6.07) is 0. The molecule has 2 aliphatic heterocycles. The standard InChI is InChI=1S/C30H46O16/c1-9-16(6)28(38)44-25-23(35)22(34)19(11-39-17(7)31)43-29(25)46-30(13-41-21(33)10-14(2)3)26(36)24(42-18(8)32)20(45-30)12-40-27(37)15(4)5/h9,14-15,19-20,22-26,29,34-36H,10-13H2,1-8H3. The van der Waals surface area contributed by atoms with Gasteiger partial charge in [0.25, 0.3) is 0 Å². The molecule has 16 nitrogen and oxygen atoms in total. The van der Waals surface area contributed by atoms with E-state index in [4.69, 9.17) is 37.9 Å². The van der Waals surface area contributed by atoms with Crippen LogP contribution in [0.5, 0.6) is 0 Å². The molecule has 2 aliphatic rings. The van der Waals surface area contributed by atoms with Gasteiger partial charge in [-0.15, -0.1) is 0 Å². The summed E-state index contributed by atoms with van der Waals surface area (Å²) in [6.45, 7) is 9.93. The summed E-state index contributed by atoms with van der Waals surface area (Å²) < 4.78 is 44.2. The van der Waals surface area contributed by atoms with E-state index < -0.39 is 110 Å². The zero-order valence-corrected chi connectivity index (χ0v) is 27.3. The summed E-state index contributed by atoms with van der Waals surface area (Å²) in [6.07, 6.45) is -12.2. The number of rotatable bonds is 14. The maximum Gasteiger partial charge on any atom is 0.333 e. The van der Waals surface area contributed by atoms with Crippen LogP contribution in [0.2, 0.25) is 0 Å². The molecule has 0 amide bonds. The number of carbonyl (C=O) groups is 5. The number of esters is 5. The molecule has 2 fully saturated rings. The van der Waals surface area contributed by atoms with E-state index in [9.17, 15) is 39.3 Å². The first-order valence-corrected chi connectivity index (χ1v) is 14.9. The molecule has 9 unspecified atom stereocenters. The Balaban J connectivity index is 2.58. The van der Waals surface area contributed by atoms with Gasteiger partial charge in [-0.1, -0.05) is 33.8 Å². The predicted octanol–water partition coefficient (Wildman–Crippen LogP) is 0.0670. The molecule has 16 heteroatoms. The van der Waals surface area contributed by atoms with Crippen molar-refractivity contribution in [2.24, 2.45) is 11.8 Å². The number of aliphatic hydroxyl groups is 3. The quantitative estimate of drug-likeness (QED) is 0.127. The van der Waals surface area contributed by atoms with Crippen LogP contribution in [-0.4, -0.2) is 120 Å². The lowest BCUT2D eigenvalue weighted by Crippen LogP contribution is -2.64. The van der Waals surface area contributed by atoms with Crippen LogP contribution in [0.3, 0.4) is 0 Å². The molecule has 9 atom stereocenters. The second-order valence-electron chi connectivity index (χ2n) is 11.8. The van der Waals surface area contributed by atoms with Crippen LogP contribution in [0.15, 0.2) is 11.6 Å². The third-order valence-electron chi connectivity index (χ3n) is 7.06. The molecule has 3 N–H and O–H groups in total. The molecule has 0 saturated carbocycles. The van der Waals surface area contributed by atoms with Crippen molar-refractivity contribution < 1.29 is 77.2 Å². The maximum atomic E-state index is 12.7. The molecule has 2 heterocycles. The van der Waals surface area contributed by atoms with Crippen molar-refractivity contribution in [2.45, 2.75) is 117 Å². The largest absolute Gasteiger partial charge is 0.463 e. The molecule has 0 spiro atoms. The Morgan fingerprint density at radius 3 is 2.00 bits per heavy atom. The molecule has 0 bridgehead atoms. The van der Waals surface area contributed by atoms with Gasteiger partial charge in [-0.2, -0.15) is 0 Å². The first-order valence-electron chi connectivity index (χ1n) is 14.9. The van der Waals surface area contributed by atoms with Crippen LogP contribution >= 0.6 is 0 Å². The lowest BCUT2D eigenvalue weighted by Gasteiger charge is -2.44. The van der Waals surface area contributed by atoms with Gasteiger partial charge in [-0.25, -0.2) is 4.79 Å². The van der Waals surface area contributed by atoms with Crippen molar-refractivity contribution in [1.29, 1.82) is 0 Å². The summed E-state index contributed by atoms with van der Waals surface area (Å²) in [7, 11) is 0. The Hall–Kier alpha value is -3.15. The van der Waals surface area contributed by atoms with Crippen LogP contribution in [0, 0.1) is 11.8 Å². The monoisotopic (exact) mass is 662 g/mol. The van der Waals surface area contributed by atoms with Gasteiger partial charge in [0.15, 0.2) is 18.3 Å². The molecule has 46 heavy (non-hydrogen) atoms. The number of aliphatic hydroxyl groups excluding tert-OH is 3. The molecular weight excluding hydrogens is 616 g/mol. The Kier molecular flexibility index (Phi) is 14.5. The fourth-order valence-corrected chi connectivity index (χ4v) is 4.46. The van der Waals surface area contributed by atoms with E-state index in [1.165, 1.54) is 13.0 Å². The van der Waals surface area contributed by atoms with Crippen LogP contribution < -0.4 is 0 Å². The topological polar surface area (TPSA) is 220 Å². The SMILES string of the molecule is CC=C(C)C(=O)OC1C(OC2(COC(=O)CC(C)C)OC(COC(=O)C(C)C)C(OC(C)=O)C2O)OC(COC(C)=O)C(O)C1O. The fraction of sp³-hybridized carbons (Fsp3) is 0.767. The average molecular weight is 663 g/mol. The minimum Gasteiger partial charge on any atom is -0.463 e. The summed E-state index contributed by atoms with van der Waals surface area (Å²) in [5.74, 6) is -6.94. The molecular formula is C30H46O16. The van der Waals surface area contributed by atoms with Crippen LogP contribution in [0.1, 0.15) is 61.8 Å². The number of ether oxygens (including phenoxy) is 8. The highest BCUT2D eigenvalue weighted by atomic mass is 16.8. The molecule has 0 aromatic heterocycles. The van der Waals surface area contributed by atoms with Gasteiger partial charge < -0.3 is 53.2 Å². The zero-order valence-electron chi connectivity index (χ0n) is 27.3. The molecule has 0 radical (unpaired) electrons. The van der Waals surface area contributed by atoms with E-state index in [1.54, 1.807) is 34.6 Å². The van der Waals surface area contributed by atoms with Crippen molar-refractivity contribution >= 4 is 29.8 Å². The van der Waals surface area contributed by atoms with E-state index in [-0.39, 0.29) is 17.9 Å². The lowest BCUT2D eigenvalue weighted by molar-refractivity contribution is -0.384. The minimum absolute atomic E-state index is 0.0346. The molecule has 0 aliphatic carbocycles. The number of hydrogen-bond donors (Lipinski definition) is 3. The van der Waals surface area contributed by atoms with Gasteiger partial charge in [0.2, 0.25) is 12.1 Å². The highest BCUT2D eigenvalue weighted by molar-refractivity contribution is 5.87. The number of carbonyl (C=O) groups excluding carboxylic acids is 5. The van der Waals surface area contributed by atoms with Crippen molar-refractivity contribution in [3.05, 3.63) is 11.6 Å². The highest BCUT2D eigenvalue weighted by Gasteiger charge is 2.62. The van der Waals surface area contributed by atoms with Crippen LogP contribution in [0.25, 0.3) is 0 Å². The molecule has 2 rings (SSSR count). The van der Waals surface area contributed by atoms with Gasteiger partial charge in [0.05, 0.1) is 5.92 Å². The normalized spacial score (nSPS) is 31.4. The Morgan fingerprint density at radius 1 is 0.826 bits per heavy atom. The first kappa shape index (κ1) is 39.0. The van der Waals surface area contributed by atoms with Crippen LogP contribution in [-0.2, 0) is 61.9 Å². The maximum absolute atomic E-state index is 12.7. The van der Waals surface area contributed by atoms with Gasteiger partial charge in [-0.05, 0) is 19.8 Å². The van der Waals surface area contributed by atoms with Crippen molar-refractivity contribution in [1.82, 2.24) is 0 Å². The number of hydrogen-bond acceptors (Lipinski definition) is 16. The minimum atomic E-state index is -2.44. The molecule has 0 aromatic carbocycles. The Labute approximate surface area is 267 Å². The van der Waals surface area contributed by atoms with Crippen molar-refractivity contribution in [2.75, 3.05) is 19.8 Å². The zero-order chi connectivity index (χ0) is 34.9. The van der Waals surface area contributed by atoms with Gasteiger partial charge in [0.1, 0.15) is 44.2 Å². The second kappa shape index (κ2) is 17.1. The first-order chi connectivity index (χ1) is 21.4. The molecule has 262 valence electrons. The van der Waals surface area contributed by atoms with Crippen molar-refractivity contribution in [3.63, 3.8) is 0 Å². The van der Waals surface area contributed by atoms with E-state index in [0.717, 1.165) is 13.8 Å². The van der Waals surface area contributed by atoms with E-state index in [2.05, 4.69) is 0 Å². The highest BCUT2D eigenvalue weighted by Crippen LogP contribution is 2.39. The predicted molar refractivity (Wildman–Crippen MR) is 153 cm³/mol. The van der Waals surface area contributed by atoms with E-state index in [0.29, 0.717) is 0 Å². The second-order valence-corrected chi connectivity index (χ2v) is 11.8. The van der Waals surface area contributed by atoms with Crippen LogP contribution in [0.4, 0.5) is 0 Å². The third-order valence-corrected chi connectivity index (χ3v) is 7.06. The van der Waals surface area contributed by atoms with Gasteiger partial charge in [-0.3, -0.25) is 19.2 Å². The van der Waals surface area contributed by atoms with E-state index in [1.807, 2.05) is 0 Å². The van der Waals surface area contributed by atoms with Gasteiger partial charge in [0, 0.05) is 25.8 Å². The Bertz CT molecular complexity index is 1120. The Morgan fingerprint density at radius 2 is 1.46 bits per heavy atom. The summed E-state index contributed by atoms with van der Waals surface area (Å²) in [5, 5.41) is 33.4. The smallest absolute Gasteiger partial charge is 0.333 e.